The van der Waals surface area contributed by atoms with Gasteiger partial charge in [0.05, 0.1) is 5.75 Å². The van der Waals surface area contributed by atoms with E-state index in [9.17, 15) is 4.79 Å². The number of nitrogens with zero attached hydrogens (tertiary/aromatic N) is 1. The second-order valence-corrected chi connectivity index (χ2v) is 6.87. The molecule has 0 atom stereocenters. The molecule has 1 saturated heterocycles. The summed E-state index contributed by atoms with van der Waals surface area (Å²) >= 11 is 7.75. The highest BCUT2D eigenvalue weighted by Crippen LogP contribution is 2.20. The number of carbonyl (C=O) groups excluding carboxylic acids is 1. The Kier molecular flexibility index (Phi) is 6.20. The number of rotatable bonds is 5. The minimum absolute atomic E-state index is 0.188. The van der Waals surface area contributed by atoms with Gasteiger partial charge < -0.3 is 10.2 Å². The summed E-state index contributed by atoms with van der Waals surface area (Å²) in [7, 11) is 1.85. The lowest BCUT2D eigenvalue weighted by Crippen LogP contribution is -2.32. The number of hydrogen-bond donors (Lipinski definition) is 1. The molecule has 0 spiro atoms. The molecule has 2 rings (SSSR count). The van der Waals surface area contributed by atoms with Crippen LogP contribution in [0.15, 0.2) is 24.3 Å². The van der Waals surface area contributed by atoms with Gasteiger partial charge in [-0.05, 0) is 43.6 Å². The molecule has 1 aliphatic rings. The van der Waals surface area contributed by atoms with Crippen LogP contribution in [0.4, 0.5) is 0 Å². The van der Waals surface area contributed by atoms with E-state index in [4.69, 9.17) is 11.6 Å². The summed E-state index contributed by atoms with van der Waals surface area (Å²) in [6.45, 7) is 2.76. The Morgan fingerprint density at radius 2 is 2.20 bits per heavy atom. The number of amides is 1. The molecule has 1 aromatic rings. The number of nitrogens with one attached hydrogen (secondary N) is 1. The van der Waals surface area contributed by atoms with Crippen molar-refractivity contribution in [3.05, 3.63) is 34.9 Å². The van der Waals surface area contributed by atoms with Crippen LogP contribution >= 0.6 is 23.4 Å². The Balaban J connectivity index is 1.76. The molecule has 5 heteroatoms. The second-order valence-electron chi connectivity index (χ2n) is 5.14. The molecule has 0 saturated carbocycles. The summed E-state index contributed by atoms with van der Waals surface area (Å²) in [5.41, 5.74) is 1.07. The van der Waals surface area contributed by atoms with Crippen LogP contribution in [-0.4, -0.2) is 41.9 Å². The maximum atomic E-state index is 12.1. The smallest absolute Gasteiger partial charge is 0.232 e. The Bertz CT molecular complexity index is 449. The summed E-state index contributed by atoms with van der Waals surface area (Å²) in [5, 5.41) is 4.68. The number of benzene rings is 1. The van der Waals surface area contributed by atoms with Crippen LogP contribution in [0.3, 0.4) is 0 Å². The van der Waals surface area contributed by atoms with E-state index in [2.05, 4.69) is 5.32 Å². The average Bonchev–Trinajstić information content (AvgIpc) is 2.46. The summed E-state index contributed by atoms with van der Waals surface area (Å²) in [4.78, 5) is 13.9. The molecular weight excluding hydrogens is 292 g/mol. The van der Waals surface area contributed by atoms with E-state index >= 15 is 0 Å². The first-order valence-corrected chi connectivity index (χ1v) is 8.38. The monoisotopic (exact) mass is 312 g/mol. The van der Waals surface area contributed by atoms with Crippen molar-refractivity contribution in [2.24, 2.45) is 0 Å². The first kappa shape index (κ1) is 15.7. The molecular formula is C15H21ClN2OS. The number of thioether (sulfide) groups is 1. The molecule has 3 nitrogen and oxygen atoms in total. The van der Waals surface area contributed by atoms with E-state index in [0.29, 0.717) is 22.6 Å². The van der Waals surface area contributed by atoms with Crippen molar-refractivity contribution in [2.45, 2.75) is 24.6 Å². The van der Waals surface area contributed by atoms with Crippen LogP contribution in [0.1, 0.15) is 18.4 Å². The molecule has 0 aliphatic carbocycles. The Morgan fingerprint density at radius 3 is 2.90 bits per heavy atom. The van der Waals surface area contributed by atoms with Crippen molar-refractivity contribution in [3.8, 4) is 0 Å². The van der Waals surface area contributed by atoms with E-state index in [1.54, 1.807) is 16.7 Å². The zero-order valence-corrected chi connectivity index (χ0v) is 13.3. The molecule has 1 heterocycles. The predicted molar refractivity (Wildman–Crippen MR) is 86.3 cm³/mol. The van der Waals surface area contributed by atoms with Crippen LogP contribution in [-0.2, 0) is 11.3 Å². The van der Waals surface area contributed by atoms with Gasteiger partial charge in [-0.25, -0.2) is 0 Å². The standard InChI is InChI=1S/C15H21ClN2OS/c1-18(10-12-3-2-4-13(16)9-12)15(19)11-20-14-5-7-17-8-6-14/h2-4,9,14,17H,5-8,10-11H2,1H3. The predicted octanol–water partition coefficient (Wildman–Crippen LogP) is 2.78. The van der Waals surface area contributed by atoms with E-state index in [0.717, 1.165) is 31.5 Å². The fourth-order valence-corrected chi connectivity index (χ4v) is 3.64. The van der Waals surface area contributed by atoms with Gasteiger partial charge in [0.2, 0.25) is 5.91 Å². The van der Waals surface area contributed by atoms with Crippen LogP contribution in [0.25, 0.3) is 0 Å². The van der Waals surface area contributed by atoms with Crippen molar-refractivity contribution in [2.75, 3.05) is 25.9 Å². The highest BCUT2D eigenvalue weighted by atomic mass is 35.5. The van der Waals surface area contributed by atoms with Crippen molar-refractivity contribution in [1.29, 1.82) is 0 Å². The van der Waals surface area contributed by atoms with E-state index in [1.807, 2.05) is 31.3 Å². The van der Waals surface area contributed by atoms with E-state index in [1.165, 1.54) is 0 Å². The van der Waals surface area contributed by atoms with Gasteiger partial charge in [0, 0.05) is 23.9 Å². The van der Waals surface area contributed by atoms with Crippen molar-refractivity contribution >= 4 is 29.3 Å². The normalized spacial score (nSPS) is 16.1. The molecule has 0 bridgehead atoms. The largest absolute Gasteiger partial charge is 0.341 e. The third kappa shape index (κ3) is 5.00. The average molecular weight is 313 g/mol. The fourth-order valence-electron chi connectivity index (χ4n) is 2.26. The Hall–Kier alpha value is -0.710. The molecule has 0 radical (unpaired) electrons. The van der Waals surface area contributed by atoms with Crippen LogP contribution in [0.5, 0.6) is 0 Å². The zero-order chi connectivity index (χ0) is 14.4. The van der Waals surface area contributed by atoms with Crippen LogP contribution < -0.4 is 5.32 Å². The molecule has 20 heavy (non-hydrogen) atoms. The van der Waals surface area contributed by atoms with Gasteiger partial charge in [-0.15, -0.1) is 11.8 Å². The first-order valence-electron chi connectivity index (χ1n) is 6.96. The third-order valence-electron chi connectivity index (χ3n) is 3.46. The second kappa shape index (κ2) is 7.91. The lowest BCUT2D eigenvalue weighted by atomic mass is 10.2. The molecule has 1 amide bonds. The van der Waals surface area contributed by atoms with Gasteiger partial charge in [0.1, 0.15) is 0 Å². The molecule has 0 aromatic heterocycles. The van der Waals surface area contributed by atoms with Gasteiger partial charge in [-0.1, -0.05) is 23.7 Å². The molecule has 1 aliphatic heterocycles. The van der Waals surface area contributed by atoms with Crippen LogP contribution in [0, 0.1) is 0 Å². The summed E-state index contributed by atoms with van der Waals surface area (Å²) in [6.07, 6.45) is 2.33. The summed E-state index contributed by atoms with van der Waals surface area (Å²) < 4.78 is 0. The SMILES string of the molecule is CN(Cc1cccc(Cl)c1)C(=O)CSC1CCNCC1. The number of halogens is 1. The van der Waals surface area contributed by atoms with Gasteiger partial charge in [-0.3, -0.25) is 4.79 Å². The number of piperidine rings is 1. The first-order chi connectivity index (χ1) is 9.65. The van der Waals surface area contributed by atoms with E-state index in [-0.39, 0.29) is 5.91 Å². The van der Waals surface area contributed by atoms with Gasteiger partial charge >= 0.3 is 0 Å². The van der Waals surface area contributed by atoms with Crippen LogP contribution in [0.2, 0.25) is 5.02 Å². The highest BCUT2D eigenvalue weighted by Gasteiger charge is 2.16. The Labute approximate surface area is 130 Å². The van der Waals surface area contributed by atoms with Crippen molar-refractivity contribution in [1.82, 2.24) is 10.2 Å². The molecule has 1 aromatic carbocycles. The maximum Gasteiger partial charge on any atom is 0.232 e. The minimum atomic E-state index is 0.188. The van der Waals surface area contributed by atoms with Crippen molar-refractivity contribution in [3.63, 3.8) is 0 Å². The topological polar surface area (TPSA) is 32.3 Å². The Morgan fingerprint density at radius 1 is 1.45 bits per heavy atom. The lowest BCUT2D eigenvalue weighted by Gasteiger charge is -2.23. The third-order valence-corrected chi connectivity index (χ3v) is 5.05. The van der Waals surface area contributed by atoms with Gasteiger partial charge in [0.25, 0.3) is 0 Å². The molecule has 1 N–H and O–H groups in total. The van der Waals surface area contributed by atoms with Crippen molar-refractivity contribution < 1.29 is 4.79 Å². The molecule has 0 unspecified atom stereocenters. The molecule has 1 fully saturated rings. The highest BCUT2D eigenvalue weighted by molar-refractivity contribution is 8.00. The maximum absolute atomic E-state index is 12.1. The zero-order valence-electron chi connectivity index (χ0n) is 11.8. The summed E-state index contributed by atoms with van der Waals surface area (Å²) in [6, 6.07) is 7.67. The lowest BCUT2D eigenvalue weighted by molar-refractivity contribution is -0.127. The quantitative estimate of drug-likeness (QED) is 0.907. The molecule has 110 valence electrons. The fraction of sp³-hybridized carbons (Fsp3) is 0.533. The van der Waals surface area contributed by atoms with Gasteiger partial charge in [0.15, 0.2) is 0 Å². The number of carbonyl (C=O) groups is 1. The summed E-state index contributed by atoms with van der Waals surface area (Å²) in [5.74, 6) is 0.760. The van der Waals surface area contributed by atoms with E-state index < -0.39 is 0 Å². The minimum Gasteiger partial charge on any atom is -0.341 e. The number of hydrogen-bond acceptors (Lipinski definition) is 3. The van der Waals surface area contributed by atoms with Gasteiger partial charge in [-0.2, -0.15) is 0 Å².